The van der Waals surface area contributed by atoms with E-state index in [4.69, 9.17) is 9.16 Å². The largest absolute Gasteiger partial charge is 0.488 e. The molecule has 0 atom stereocenters. The molecule has 1 heterocycles. The second-order valence-electron chi connectivity index (χ2n) is 7.51. The van der Waals surface area contributed by atoms with E-state index in [2.05, 4.69) is 46.0 Å². The fourth-order valence-electron chi connectivity index (χ4n) is 1.86. The van der Waals surface area contributed by atoms with Crippen molar-refractivity contribution < 1.29 is 13.6 Å². The Labute approximate surface area is 159 Å². The van der Waals surface area contributed by atoms with Crippen LogP contribution in [0.1, 0.15) is 26.3 Å². The van der Waals surface area contributed by atoms with Crippen LogP contribution in [0.2, 0.25) is 18.1 Å². The van der Waals surface area contributed by atoms with Crippen molar-refractivity contribution >= 4 is 29.9 Å². The van der Waals surface area contributed by atoms with Gasteiger partial charge in [-0.1, -0.05) is 60.6 Å². The molecule has 25 heavy (non-hydrogen) atoms. The number of alkyl halides is 1. The molecule has 1 aliphatic heterocycles. The lowest BCUT2D eigenvalue weighted by Crippen LogP contribution is -2.41. The topological polar surface area (TPSA) is 18.5 Å². The summed E-state index contributed by atoms with van der Waals surface area (Å²) in [5.74, 6) is 0.618. The van der Waals surface area contributed by atoms with Gasteiger partial charge in [0.25, 0.3) is 0 Å². The smallest absolute Gasteiger partial charge is 0.192 e. The first-order valence-electron chi connectivity index (χ1n) is 8.38. The van der Waals surface area contributed by atoms with Gasteiger partial charge in [0.05, 0.1) is 6.61 Å². The Bertz CT molecular complexity index is 651. The van der Waals surface area contributed by atoms with Crippen molar-refractivity contribution in [1.29, 1.82) is 0 Å². The summed E-state index contributed by atoms with van der Waals surface area (Å²) in [6.07, 6.45) is 4.18. The van der Waals surface area contributed by atoms with E-state index >= 15 is 0 Å². The SMILES string of the molecule is CC(C)(C)[Si](C)(C)OCC1=CC=C(COc2ccccc2CF)SS1. The van der Waals surface area contributed by atoms with Crippen LogP contribution in [0, 0.1) is 0 Å². The Morgan fingerprint density at radius 3 is 2.16 bits per heavy atom. The molecule has 0 aromatic heterocycles. The van der Waals surface area contributed by atoms with Crippen LogP contribution >= 0.6 is 21.6 Å². The molecule has 2 rings (SSSR count). The van der Waals surface area contributed by atoms with Crippen molar-refractivity contribution in [3.63, 3.8) is 0 Å². The van der Waals surface area contributed by atoms with E-state index in [-0.39, 0.29) is 5.04 Å². The minimum absolute atomic E-state index is 0.221. The number of para-hydroxylation sites is 1. The van der Waals surface area contributed by atoms with Gasteiger partial charge in [-0.3, -0.25) is 0 Å². The summed E-state index contributed by atoms with van der Waals surface area (Å²) >= 11 is 0. The molecule has 1 aliphatic rings. The van der Waals surface area contributed by atoms with E-state index in [1.54, 1.807) is 27.7 Å². The zero-order valence-corrected chi connectivity index (χ0v) is 18.2. The van der Waals surface area contributed by atoms with E-state index in [0.29, 0.717) is 24.5 Å². The second-order valence-corrected chi connectivity index (χ2v) is 14.7. The molecule has 0 radical (unpaired) electrons. The zero-order valence-electron chi connectivity index (χ0n) is 15.6. The van der Waals surface area contributed by atoms with Gasteiger partial charge in [0, 0.05) is 15.4 Å². The summed E-state index contributed by atoms with van der Waals surface area (Å²) in [6.45, 7) is 11.9. The molecule has 0 fully saturated rings. The molecule has 0 saturated carbocycles. The molecule has 2 nitrogen and oxygen atoms in total. The Hall–Kier alpha value is -0.693. The molecular formula is C19H27FO2S2Si. The summed E-state index contributed by atoms with van der Waals surface area (Å²) in [5.41, 5.74) is 0.593. The molecule has 0 spiro atoms. The lowest BCUT2D eigenvalue weighted by atomic mass is 10.2. The first-order valence-corrected chi connectivity index (χ1v) is 13.4. The average molecular weight is 399 g/mol. The molecule has 138 valence electrons. The van der Waals surface area contributed by atoms with Gasteiger partial charge in [-0.2, -0.15) is 0 Å². The highest BCUT2D eigenvalue weighted by Crippen LogP contribution is 2.42. The molecule has 6 heteroatoms. The van der Waals surface area contributed by atoms with Gasteiger partial charge in [-0.15, -0.1) is 0 Å². The van der Waals surface area contributed by atoms with Crippen LogP contribution in [0.3, 0.4) is 0 Å². The van der Waals surface area contributed by atoms with Crippen LogP contribution in [-0.4, -0.2) is 21.5 Å². The Morgan fingerprint density at radius 2 is 1.60 bits per heavy atom. The third kappa shape index (κ3) is 5.91. The van der Waals surface area contributed by atoms with Gasteiger partial charge >= 0.3 is 0 Å². The van der Waals surface area contributed by atoms with Gasteiger partial charge in [0.2, 0.25) is 0 Å². The highest BCUT2D eigenvalue weighted by atomic mass is 33.1. The quantitative estimate of drug-likeness (QED) is 0.375. The van der Waals surface area contributed by atoms with E-state index in [9.17, 15) is 4.39 Å². The van der Waals surface area contributed by atoms with Crippen molar-refractivity contribution in [3.05, 3.63) is 51.8 Å². The molecular weight excluding hydrogens is 371 g/mol. The van der Waals surface area contributed by atoms with Gasteiger partial charge in [0.15, 0.2) is 8.32 Å². The molecule has 0 aliphatic carbocycles. The van der Waals surface area contributed by atoms with Gasteiger partial charge in [0.1, 0.15) is 19.0 Å². The zero-order chi connectivity index (χ0) is 18.5. The summed E-state index contributed by atoms with van der Waals surface area (Å²) < 4.78 is 25.0. The van der Waals surface area contributed by atoms with E-state index in [1.165, 1.54) is 4.91 Å². The van der Waals surface area contributed by atoms with Crippen molar-refractivity contribution in [3.8, 4) is 5.75 Å². The number of rotatable bonds is 7. The predicted octanol–water partition coefficient (Wildman–Crippen LogP) is 6.72. The standard InChI is InChI=1S/C19H27FO2S2Si/c1-19(2,3)25(4,5)22-14-17-11-10-16(23-24-17)13-21-18-9-7-6-8-15(18)12-20/h6-11H,12-14H2,1-5H3. The fraction of sp³-hybridized carbons (Fsp3) is 0.474. The highest BCUT2D eigenvalue weighted by molar-refractivity contribution is 8.79. The average Bonchev–Trinajstić information content (AvgIpc) is 2.58. The number of allylic oxidation sites excluding steroid dienone is 2. The van der Waals surface area contributed by atoms with E-state index < -0.39 is 15.0 Å². The van der Waals surface area contributed by atoms with E-state index in [1.807, 2.05) is 18.2 Å². The third-order valence-electron chi connectivity index (χ3n) is 4.58. The number of benzene rings is 1. The van der Waals surface area contributed by atoms with Crippen molar-refractivity contribution in [2.75, 3.05) is 13.2 Å². The number of hydrogen-bond donors (Lipinski definition) is 0. The Balaban J connectivity index is 1.88. The van der Waals surface area contributed by atoms with Gasteiger partial charge in [-0.05, 0) is 36.4 Å². The lowest BCUT2D eigenvalue weighted by molar-refractivity contribution is 0.325. The van der Waals surface area contributed by atoms with E-state index in [0.717, 1.165) is 4.91 Å². The number of ether oxygens (including phenoxy) is 1. The van der Waals surface area contributed by atoms with Crippen LogP contribution in [0.15, 0.2) is 46.2 Å². The summed E-state index contributed by atoms with van der Waals surface area (Å²) in [7, 11) is 1.69. The third-order valence-corrected chi connectivity index (χ3v) is 11.6. The predicted molar refractivity (Wildman–Crippen MR) is 111 cm³/mol. The van der Waals surface area contributed by atoms with Crippen LogP contribution in [-0.2, 0) is 11.1 Å². The first kappa shape index (κ1) is 20.6. The number of hydrogen-bond acceptors (Lipinski definition) is 4. The molecule has 0 unspecified atom stereocenters. The van der Waals surface area contributed by atoms with Crippen LogP contribution in [0.5, 0.6) is 5.75 Å². The maximum absolute atomic E-state index is 12.9. The minimum Gasteiger partial charge on any atom is -0.488 e. The molecule has 1 aromatic carbocycles. The molecule has 0 amide bonds. The van der Waals surface area contributed by atoms with Gasteiger partial charge in [-0.25, -0.2) is 4.39 Å². The summed E-state index contributed by atoms with van der Waals surface area (Å²) in [5, 5.41) is 0.221. The summed E-state index contributed by atoms with van der Waals surface area (Å²) in [4.78, 5) is 2.34. The monoisotopic (exact) mass is 398 g/mol. The fourth-order valence-corrected chi connectivity index (χ4v) is 4.86. The van der Waals surface area contributed by atoms with Crippen molar-refractivity contribution in [1.82, 2.24) is 0 Å². The number of halogens is 1. The second kappa shape index (κ2) is 8.80. The van der Waals surface area contributed by atoms with Crippen molar-refractivity contribution in [2.24, 2.45) is 0 Å². The molecule has 0 bridgehead atoms. The maximum atomic E-state index is 12.9. The minimum atomic E-state index is -1.72. The van der Waals surface area contributed by atoms with Crippen molar-refractivity contribution in [2.45, 2.75) is 45.6 Å². The lowest BCUT2D eigenvalue weighted by Gasteiger charge is -2.36. The normalized spacial score (nSPS) is 15.6. The molecule has 0 saturated heterocycles. The Kier molecular flexibility index (Phi) is 7.26. The van der Waals surface area contributed by atoms with Crippen LogP contribution in [0.4, 0.5) is 4.39 Å². The maximum Gasteiger partial charge on any atom is 0.192 e. The van der Waals surface area contributed by atoms with Crippen LogP contribution < -0.4 is 4.74 Å². The van der Waals surface area contributed by atoms with Crippen LogP contribution in [0.25, 0.3) is 0 Å². The van der Waals surface area contributed by atoms with Gasteiger partial charge < -0.3 is 9.16 Å². The molecule has 0 N–H and O–H groups in total. The summed E-state index contributed by atoms with van der Waals surface area (Å²) in [6, 6.07) is 7.25. The first-order chi connectivity index (χ1) is 11.7. The highest BCUT2D eigenvalue weighted by Gasteiger charge is 2.37. The Morgan fingerprint density at radius 1 is 1.00 bits per heavy atom. The molecule has 1 aromatic rings.